The van der Waals surface area contributed by atoms with Crippen molar-refractivity contribution in [3.05, 3.63) is 52.0 Å². The van der Waals surface area contributed by atoms with Gasteiger partial charge in [0.05, 0.1) is 13.0 Å². The molecule has 19 heteroatoms. The molecule has 2 aromatic rings. The number of hydrogen-bond acceptors (Lipinski definition) is 10. The number of nitrogens with zero attached hydrogens (tertiary/aromatic N) is 2. The van der Waals surface area contributed by atoms with Crippen molar-refractivity contribution in [1.29, 1.82) is 0 Å². The van der Waals surface area contributed by atoms with E-state index in [9.17, 15) is 50.3 Å². The Bertz CT molecular complexity index is 1690. The predicted octanol–water partition coefficient (Wildman–Crippen LogP) is 6.48. The van der Waals surface area contributed by atoms with Crippen LogP contribution in [0.4, 0.5) is 26.3 Å². The molecule has 6 atom stereocenters. The zero-order valence-corrected chi connectivity index (χ0v) is 34.4. The molecule has 0 bridgehead atoms. The molecule has 0 saturated heterocycles. The fraction of sp³-hybridized carbons (Fsp3) is 0.641. The van der Waals surface area contributed by atoms with Crippen molar-refractivity contribution < 1.29 is 59.8 Å². The van der Waals surface area contributed by atoms with Gasteiger partial charge in [-0.1, -0.05) is 57.5 Å². The number of hydrogen-bond donors (Lipinski definition) is 3. The van der Waals surface area contributed by atoms with E-state index in [0.717, 1.165) is 30.9 Å². The van der Waals surface area contributed by atoms with Crippen LogP contribution in [-0.4, -0.2) is 97.3 Å². The number of aromatic nitrogens is 1. The number of thiazole rings is 1. The molecule has 324 valence electrons. The lowest BCUT2D eigenvalue weighted by atomic mass is 9.92. The van der Waals surface area contributed by atoms with Gasteiger partial charge in [0.2, 0.25) is 11.8 Å². The first-order valence-corrected chi connectivity index (χ1v) is 19.9. The third-order valence-corrected chi connectivity index (χ3v) is 11.2. The quantitative estimate of drug-likeness (QED) is 0.0728. The Balaban J connectivity index is 1.90. The zero-order chi connectivity index (χ0) is 43.6. The van der Waals surface area contributed by atoms with E-state index in [2.05, 4.69) is 15.6 Å². The summed E-state index contributed by atoms with van der Waals surface area (Å²) < 4.78 is 95.0. The second kappa shape index (κ2) is 20.6. The Kier molecular flexibility index (Phi) is 17.1. The van der Waals surface area contributed by atoms with E-state index < -0.39 is 89.9 Å². The molecular formula is C39H53F6N5O7S. The summed E-state index contributed by atoms with van der Waals surface area (Å²) in [5.41, 5.74) is 0.0597. The number of carbonyl (C=O) groups excluding carboxylic acids is 5. The van der Waals surface area contributed by atoms with Gasteiger partial charge in [0.1, 0.15) is 16.7 Å². The summed E-state index contributed by atoms with van der Waals surface area (Å²) in [6.45, 7) is 6.49. The third-order valence-electron chi connectivity index (χ3n) is 10.3. The standard InChI is InChI=1S/C39H53F6N5O7S/c1-22(2)28(50(6)35(54)31(32(38(40,41)42)39(43,44)45)48-30(52)16-12-9-13-17-46-5)18-29(57-24(4)51)34-47-27(21-58-34)33(53)49-37(19-23(3)36(55)56-7)20-26(37)25-14-10-8-11-15-25/h8,10-11,14-15,21-23,26,28-29,31-32,46H,9,12-13,16-20H2,1-7H3,(H,48,52)(H,49,53). The van der Waals surface area contributed by atoms with E-state index in [4.69, 9.17) is 9.47 Å². The molecule has 0 aliphatic heterocycles. The van der Waals surface area contributed by atoms with Crippen molar-refractivity contribution >= 4 is 41.0 Å². The smallest absolute Gasteiger partial charge is 0.403 e. The minimum Gasteiger partial charge on any atom is -0.469 e. The van der Waals surface area contributed by atoms with Crippen LogP contribution in [0.25, 0.3) is 0 Å². The highest BCUT2D eigenvalue weighted by atomic mass is 32.1. The monoisotopic (exact) mass is 849 g/mol. The second-order valence-corrected chi connectivity index (χ2v) is 16.0. The van der Waals surface area contributed by atoms with Gasteiger partial charge in [-0.25, -0.2) is 4.98 Å². The average molecular weight is 850 g/mol. The lowest BCUT2D eigenvalue weighted by Gasteiger charge is -2.38. The van der Waals surface area contributed by atoms with Gasteiger partial charge in [-0.2, -0.15) is 26.3 Å². The van der Waals surface area contributed by atoms with Gasteiger partial charge in [-0.15, -0.1) is 11.3 Å². The zero-order valence-electron chi connectivity index (χ0n) is 33.6. The van der Waals surface area contributed by atoms with Gasteiger partial charge in [-0.3, -0.25) is 24.0 Å². The molecule has 1 aromatic carbocycles. The number of ether oxygens (including phenoxy) is 2. The van der Waals surface area contributed by atoms with Crippen molar-refractivity contribution in [3.8, 4) is 0 Å². The first kappa shape index (κ1) is 48.1. The van der Waals surface area contributed by atoms with Crippen LogP contribution >= 0.6 is 11.3 Å². The van der Waals surface area contributed by atoms with Gasteiger partial charge in [0.15, 0.2) is 12.0 Å². The number of benzene rings is 1. The fourth-order valence-corrected chi connectivity index (χ4v) is 8.08. The summed E-state index contributed by atoms with van der Waals surface area (Å²) in [4.78, 5) is 70.1. The van der Waals surface area contributed by atoms with Crippen LogP contribution in [0, 0.1) is 17.8 Å². The van der Waals surface area contributed by atoms with E-state index in [0.29, 0.717) is 30.7 Å². The molecular weight excluding hydrogens is 797 g/mol. The lowest BCUT2D eigenvalue weighted by molar-refractivity contribution is -0.290. The van der Waals surface area contributed by atoms with Crippen LogP contribution in [0.15, 0.2) is 35.7 Å². The fourth-order valence-electron chi connectivity index (χ4n) is 7.24. The maximum absolute atomic E-state index is 14.1. The number of unbranched alkanes of at least 4 members (excludes halogenated alkanes) is 2. The maximum Gasteiger partial charge on any atom is 0.403 e. The molecule has 3 amide bonds. The van der Waals surface area contributed by atoms with Crippen LogP contribution in [0.1, 0.15) is 106 Å². The molecule has 3 rings (SSSR count). The predicted molar refractivity (Wildman–Crippen MR) is 202 cm³/mol. The van der Waals surface area contributed by atoms with E-state index in [1.54, 1.807) is 33.1 Å². The summed E-state index contributed by atoms with van der Waals surface area (Å²) in [6, 6.07) is 5.19. The Morgan fingerprint density at radius 1 is 1.00 bits per heavy atom. The number of likely N-dealkylation sites (N-methyl/N-ethyl adjacent to an activating group) is 1. The van der Waals surface area contributed by atoms with Crippen molar-refractivity contribution in [2.24, 2.45) is 17.8 Å². The molecule has 12 nitrogen and oxygen atoms in total. The molecule has 1 fully saturated rings. The molecule has 1 aliphatic rings. The normalized spacial score (nSPS) is 18.8. The lowest BCUT2D eigenvalue weighted by Crippen LogP contribution is -2.60. The van der Waals surface area contributed by atoms with E-state index in [1.165, 1.54) is 12.5 Å². The third kappa shape index (κ3) is 13.1. The van der Waals surface area contributed by atoms with Crippen LogP contribution in [0.5, 0.6) is 0 Å². The molecule has 6 unspecified atom stereocenters. The summed E-state index contributed by atoms with van der Waals surface area (Å²) in [7, 11) is 3.99. The van der Waals surface area contributed by atoms with Crippen molar-refractivity contribution in [1.82, 2.24) is 25.8 Å². The number of nitrogens with one attached hydrogen (secondary N) is 3. The van der Waals surface area contributed by atoms with Gasteiger partial charge >= 0.3 is 24.3 Å². The van der Waals surface area contributed by atoms with E-state index in [1.807, 2.05) is 30.3 Å². The summed E-state index contributed by atoms with van der Waals surface area (Å²) in [5.74, 6) is -10.2. The largest absolute Gasteiger partial charge is 0.469 e. The number of rotatable bonds is 21. The molecule has 1 saturated carbocycles. The summed E-state index contributed by atoms with van der Waals surface area (Å²) >= 11 is 0.921. The first-order valence-electron chi connectivity index (χ1n) is 19.0. The van der Waals surface area contributed by atoms with Crippen LogP contribution < -0.4 is 16.0 Å². The van der Waals surface area contributed by atoms with Crippen molar-refractivity contribution in [2.75, 3.05) is 27.7 Å². The van der Waals surface area contributed by atoms with Crippen molar-refractivity contribution in [2.45, 2.75) is 115 Å². The Morgan fingerprint density at radius 2 is 1.64 bits per heavy atom. The highest BCUT2D eigenvalue weighted by Gasteiger charge is 2.63. The molecule has 3 N–H and O–H groups in total. The number of methoxy groups -OCH3 is 1. The summed E-state index contributed by atoms with van der Waals surface area (Å²) in [5, 5.41) is 9.13. The number of amides is 3. The van der Waals surface area contributed by atoms with Crippen molar-refractivity contribution in [3.63, 3.8) is 0 Å². The first-order chi connectivity index (χ1) is 27.1. The highest BCUT2D eigenvalue weighted by molar-refractivity contribution is 7.09. The summed E-state index contributed by atoms with van der Waals surface area (Å²) in [6.07, 6.45) is -11.9. The Morgan fingerprint density at radius 3 is 2.19 bits per heavy atom. The minimum absolute atomic E-state index is 0.0709. The number of esters is 2. The topological polar surface area (TPSA) is 156 Å². The SMILES string of the molecule is CNCCCCCC(=O)NC(C(=O)N(C)C(CC(OC(C)=O)c1nc(C(=O)NC2(CC(C)C(=O)OC)CC2c2ccccc2)cs1)C(C)C)C(C(F)(F)F)C(F)(F)F. The Labute approximate surface area is 338 Å². The number of alkyl halides is 6. The maximum atomic E-state index is 14.1. The van der Waals surface area contributed by atoms with Gasteiger partial charge < -0.3 is 30.3 Å². The van der Waals surface area contributed by atoms with Gasteiger partial charge in [0, 0.05) is 49.7 Å². The van der Waals surface area contributed by atoms with Crippen LogP contribution in [0.3, 0.4) is 0 Å². The van der Waals surface area contributed by atoms with Gasteiger partial charge in [-0.05, 0) is 50.8 Å². The van der Waals surface area contributed by atoms with Crippen LogP contribution in [-0.2, 0) is 28.7 Å². The van der Waals surface area contributed by atoms with Crippen LogP contribution in [0.2, 0.25) is 0 Å². The molecule has 0 spiro atoms. The van der Waals surface area contributed by atoms with Gasteiger partial charge in [0.25, 0.3) is 5.91 Å². The molecule has 58 heavy (non-hydrogen) atoms. The second-order valence-electron chi connectivity index (χ2n) is 15.1. The molecule has 0 radical (unpaired) electrons. The highest BCUT2D eigenvalue weighted by Crippen LogP contribution is 2.55. The minimum atomic E-state index is -5.96. The van der Waals surface area contributed by atoms with E-state index >= 15 is 0 Å². The molecule has 1 aromatic heterocycles. The average Bonchev–Trinajstić information content (AvgIpc) is 3.58. The molecule has 1 heterocycles. The Hall–Kier alpha value is -4.26. The van der Waals surface area contributed by atoms with E-state index in [-0.39, 0.29) is 35.9 Å². The number of carbonyl (C=O) groups is 5. The number of halogens is 6. The molecule has 1 aliphatic carbocycles.